The third-order valence-corrected chi connectivity index (χ3v) is 4.44. The second-order valence-corrected chi connectivity index (χ2v) is 6.04. The van der Waals surface area contributed by atoms with Crippen LogP contribution in [0.3, 0.4) is 0 Å². The lowest BCUT2D eigenvalue weighted by atomic mass is 9.75. The van der Waals surface area contributed by atoms with E-state index in [4.69, 9.17) is 0 Å². The SMILES string of the molecule is CCCC[C@](C)(CCC=O)c1cn(C)c2ccccc12. The first-order valence-corrected chi connectivity index (χ1v) is 7.60. The van der Waals surface area contributed by atoms with Gasteiger partial charge >= 0.3 is 0 Å². The molecule has 0 amide bonds. The van der Waals surface area contributed by atoms with Gasteiger partial charge in [0.25, 0.3) is 0 Å². The van der Waals surface area contributed by atoms with Crippen molar-refractivity contribution in [3.63, 3.8) is 0 Å². The van der Waals surface area contributed by atoms with Gasteiger partial charge in [0, 0.05) is 30.6 Å². The average Bonchev–Trinajstić information content (AvgIpc) is 2.81. The molecule has 0 radical (unpaired) electrons. The van der Waals surface area contributed by atoms with E-state index in [1.807, 2.05) is 0 Å². The molecule has 0 aliphatic rings. The molecule has 0 aliphatic carbocycles. The molecule has 0 saturated heterocycles. The van der Waals surface area contributed by atoms with Crippen molar-refractivity contribution in [3.05, 3.63) is 36.0 Å². The normalized spacial score (nSPS) is 14.3. The van der Waals surface area contributed by atoms with Gasteiger partial charge in [0.2, 0.25) is 0 Å². The van der Waals surface area contributed by atoms with Gasteiger partial charge in [-0.05, 0) is 29.9 Å². The predicted molar refractivity (Wildman–Crippen MR) is 85.1 cm³/mol. The molecule has 2 aromatic rings. The van der Waals surface area contributed by atoms with Crippen LogP contribution in [0.2, 0.25) is 0 Å². The largest absolute Gasteiger partial charge is 0.350 e. The third kappa shape index (κ3) is 2.79. The lowest BCUT2D eigenvalue weighted by Gasteiger charge is -2.29. The standard InChI is InChI=1S/C18H25NO/c1-4-5-11-18(2,12-8-13-20)16-14-19(3)17-10-7-6-9-15(16)17/h6-7,9-10,13-14H,4-5,8,11-12H2,1-3H3/t18-/m1/s1. The number of carbonyl (C=O) groups excluding carboxylic acids is 1. The van der Waals surface area contributed by atoms with Crippen molar-refractivity contribution in [2.45, 2.75) is 51.4 Å². The van der Waals surface area contributed by atoms with Crippen LogP contribution < -0.4 is 0 Å². The van der Waals surface area contributed by atoms with E-state index in [0.29, 0.717) is 6.42 Å². The predicted octanol–water partition coefficient (Wildman–Crippen LogP) is 4.61. The summed E-state index contributed by atoms with van der Waals surface area (Å²) in [5.74, 6) is 0. The molecule has 2 heteroatoms. The van der Waals surface area contributed by atoms with Crippen molar-refractivity contribution in [2.75, 3.05) is 0 Å². The number of aldehydes is 1. The average molecular weight is 271 g/mol. The van der Waals surface area contributed by atoms with Crippen molar-refractivity contribution in [1.29, 1.82) is 0 Å². The van der Waals surface area contributed by atoms with Crippen LogP contribution in [0.25, 0.3) is 10.9 Å². The Kier molecular flexibility index (Phi) is 4.64. The Balaban J connectivity index is 2.47. The van der Waals surface area contributed by atoms with Crippen LogP contribution in [0.5, 0.6) is 0 Å². The van der Waals surface area contributed by atoms with E-state index in [1.165, 1.54) is 29.3 Å². The maximum atomic E-state index is 10.8. The number of unbranched alkanes of at least 4 members (excludes halogenated alkanes) is 1. The highest BCUT2D eigenvalue weighted by atomic mass is 16.1. The molecule has 1 aromatic heterocycles. The van der Waals surface area contributed by atoms with Crippen LogP contribution in [-0.4, -0.2) is 10.9 Å². The maximum Gasteiger partial charge on any atom is 0.120 e. The molecule has 2 nitrogen and oxygen atoms in total. The Hall–Kier alpha value is -1.57. The van der Waals surface area contributed by atoms with Gasteiger partial charge in [-0.25, -0.2) is 0 Å². The molecular weight excluding hydrogens is 246 g/mol. The van der Waals surface area contributed by atoms with E-state index < -0.39 is 0 Å². The second kappa shape index (κ2) is 6.25. The van der Waals surface area contributed by atoms with Crippen molar-refractivity contribution >= 4 is 17.2 Å². The summed E-state index contributed by atoms with van der Waals surface area (Å²) < 4.78 is 2.20. The van der Waals surface area contributed by atoms with Crippen LogP contribution >= 0.6 is 0 Å². The van der Waals surface area contributed by atoms with Gasteiger partial charge in [-0.15, -0.1) is 0 Å². The Morgan fingerprint density at radius 3 is 2.70 bits per heavy atom. The minimum Gasteiger partial charge on any atom is -0.350 e. The van der Waals surface area contributed by atoms with E-state index in [9.17, 15) is 4.79 Å². The fourth-order valence-corrected chi connectivity index (χ4v) is 3.16. The van der Waals surface area contributed by atoms with Crippen LogP contribution in [0.15, 0.2) is 30.5 Å². The summed E-state index contributed by atoms with van der Waals surface area (Å²) in [5.41, 5.74) is 2.76. The molecule has 1 heterocycles. The molecule has 1 atom stereocenters. The molecule has 1 aromatic carbocycles. The van der Waals surface area contributed by atoms with E-state index in [2.05, 4.69) is 55.9 Å². The van der Waals surface area contributed by atoms with Crippen LogP contribution in [-0.2, 0) is 17.3 Å². The van der Waals surface area contributed by atoms with E-state index >= 15 is 0 Å². The molecule has 0 aliphatic heterocycles. The lowest BCUT2D eigenvalue weighted by molar-refractivity contribution is -0.108. The number of hydrogen-bond acceptors (Lipinski definition) is 1. The molecule has 20 heavy (non-hydrogen) atoms. The van der Waals surface area contributed by atoms with Gasteiger partial charge in [-0.2, -0.15) is 0 Å². The first-order chi connectivity index (χ1) is 9.62. The number of nitrogens with zero attached hydrogens (tertiary/aromatic N) is 1. The Morgan fingerprint density at radius 2 is 2.00 bits per heavy atom. The number of benzene rings is 1. The van der Waals surface area contributed by atoms with Gasteiger partial charge in [0.15, 0.2) is 0 Å². The van der Waals surface area contributed by atoms with Crippen LogP contribution in [0.1, 0.15) is 51.5 Å². The van der Waals surface area contributed by atoms with E-state index in [1.54, 1.807) is 0 Å². The van der Waals surface area contributed by atoms with Crippen molar-refractivity contribution in [2.24, 2.45) is 7.05 Å². The van der Waals surface area contributed by atoms with Crippen LogP contribution in [0.4, 0.5) is 0 Å². The number of para-hydroxylation sites is 1. The summed E-state index contributed by atoms with van der Waals surface area (Å²) >= 11 is 0. The Labute approximate surface area is 121 Å². The summed E-state index contributed by atoms with van der Waals surface area (Å²) in [6.07, 6.45) is 8.43. The maximum absolute atomic E-state index is 10.8. The quantitative estimate of drug-likeness (QED) is 0.674. The monoisotopic (exact) mass is 271 g/mol. The lowest BCUT2D eigenvalue weighted by Crippen LogP contribution is -2.22. The summed E-state index contributed by atoms with van der Waals surface area (Å²) in [6, 6.07) is 8.56. The fraction of sp³-hybridized carbons (Fsp3) is 0.500. The van der Waals surface area contributed by atoms with Gasteiger partial charge < -0.3 is 9.36 Å². The Bertz CT molecular complexity index is 584. The van der Waals surface area contributed by atoms with Crippen molar-refractivity contribution < 1.29 is 4.79 Å². The number of hydrogen-bond donors (Lipinski definition) is 0. The highest BCUT2D eigenvalue weighted by molar-refractivity contribution is 5.85. The van der Waals surface area contributed by atoms with Gasteiger partial charge in [-0.3, -0.25) is 0 Å². The van der Waals surface area contributed by atoms with Crippen molar-refractivity contribution in [3.8, 4) is 0 Å². The molecule has 2 rings (SSSR count). The number of aryl methyl sites for hydroxylation is 1. The molecule has 0 fully saturated rings. The van der Waals surface area contributed by atoms with Gasteiger partial charge in [0.05, 0.1) is 0 Å². The first-order valence-electron chi connectivity index (χ1n) is 7.60. The molecular formula is C18H25NO. The number of fused-ring (bicyclic) bond motifs is 1. The fourth-order valence-electron chi connectivity index (χ4n) is 3.16. The molecule has 0 bridgehead atoms. The summed E-state index contributed by atoms with van der Waals surface area (Å²) in [5, 5.41) is 1.33. The molecule has 0 unspecified atom stereocenters. The first kappa shape index (κ1) is 14.8. The summed E-state index contributed by atoms with van der Waals surface area (Å²) in [4.78, 5) is 10.8. The topological polar surface area (TPSA) is 22.0 Å². The zero-order chi connectivity index (χ0) is 14.6. The third-order valence-electron chi connectivity index (χ3n) is 4.44. The zero-order valence-corrected chi connectivity index (χ0v) is 12.9. The van der Waals surface area contributed by atoms with Gasteiger partial charge in [0.1, 0.15) is 6.29 Å². The highest BCUT2D eigenvalue weighted by Crippen LogP contribution is 2.38. The summed E-state index contributed by atoms with van der Waals surface area (Å²) in [7, 11) is 2.10. The number of aromatic nitrogens is 1. The number of carbonyl (C=O) groups is 1. The Morgan fingerprint density at radius 1 is 1.25 bits per heavy atom. The minimum atomic E-state index is 0.0950. The minimum absolute atomic E-state index is 0.0950. The van der Waals surface area contributed by atoms with Crippen LogP contribution in [0, 0.1) is 0 Å². The molecule has 108 valence electrons. The molecule has 0 saturated carbocycles. The second-order valence-electron chi connectivity index (χ2n) is 6.04. The smallest absolute Gasteiger partial charge is 0.120 e. The van der Waals surface area contributed by atoms with Crippen molar-refractivity contribution in [1.82, 2.24) is 4.57 Å². The molecule has 0 N–H and O–H groups in total. The molecule has 0 spiro atoms. The van der Waals surface area contributed by atoms with E-state index in [0.717, 1.165) is 19.1 Å². The van der Waals surface area contributed by atoms with E-state index in [-0.39, 0.29) is 5.41 Å². The summed E-state index contributed by atoms with van der Waals surface area (Å²) in [6.45, 7) is 4.54. The number of rotatable bonds is 7. The van der Waals surface area contributed by atoms with Gasteiger partial charge in [-0.1, -0.05) is 44.9 Å². The zero-order valence-electron chi connectivity index (χ0n) is 12.9. The highest BCUT2D eigenvalue weighted by Gasteiger charge is 2.28.